The van der Waals surface area contributed by atoms with Gasteiger partial charge in [0, 0.05) is 32.4 Å². The Hall–Kier alpha value is -1.93. The normalized spacial score (nSPS) is 19.2. The van der Waals surface area contributed by atoms with Crippen LogP contribution in [0.25, 0.3) is 0 Å². The van der Waals surface area contributed by atoms with Crippen LogP contribution in [0.5, 0.6) is 0 Å². The summed E-state index contributed by atoms with van der Waals surface area (Å²) in [5.41, 5.74) is 8.28. The number of nitrogens with one attached hydrogen (secondary N) is 2. The summed E-state index contributed by atoms with van der Waals surface area (Å²) in [6.45, 7) is 8.54. The summed E-state index contributed by atoms with van der Waals surface area (Å²) in [4.78, 5) is 10.4. The fraction of sp³-hybridized carbons (Fsp3) is 0.273. The van der Waals surface area contributed by atoms with Crippen molar-refractivity contribution in [2.24, 2.45) is 0 Å². The summed E-state index contributed by atoms with van der Waals surface area (Å²) in [5.74, 6) is 0. The number of nitrogens with zero attached hydrogens (tertiary/aromatic N) is 2. The van der Waals surface area contributed by atoms with E-state index in [0.29, 0.717) is 0 Å². The summed E-state index contributed by atoms with van der Waals surface area (Å²) in [6.07, 6.45) is 1.84. The van der Waals surface area contributed by atoms with Crippen LogP contribution in [-0.4, -0.2) is 15.1 Å². The largest absolute Gasteiger partial charge is 0.362 e. The highest BCUT2D eigenvalue weighted by molar-refractivity contribution is 14.1. The fourth-order valence-corrected chi connectivity index (χ4v) is 5.13. The third kappa shape index (κ3) is 3.22. The Morgan fingerprint density at radius 1 is 1.04 bits per heavy atom. The Bertz CT molecular complexity index is 1040. The van der Waals surface area contributed by atoms with E-state index in [4.69, 9.17) is 12.2 Å². The molecule has 1 aliphatic heterocycles. The van der Waals surface area contributed by atoms with Gasteiger partial charge >= 0.3 is 0 Å². The molecular weight excluding hydrogens is 479 g/mol. The van der Waals surface area contributed by atoms with Gasteiger partial charge in [0.25, 0.3) is 0 Å². The van der Waals surface area contributed by atoms with Crippen LogP contribution in [0, 0.1) is 31.3 Å². The Labute approximate surface area is 184 Å². The van der Waals surface area contributed by atoms with Gasteiger partial charge < -0.3 is 15.2 Å². The molecule has 0 saturated carbocycles. The molecule has 1 aliphatic rings. The van der Waals surface area contributed by atoms with Crippen LogP contribution < -0.4 is 10.2 Å². The number of hydrogen-bond donors (Lipinski definition) is 2. The van der Waals surface area contributed by atoms with E-state index in [-0.39, 0.29) is 12.1 Å². The zero-order valence-electron chi connectivity index (χ0n) is 16.4. The van der Waals surface area contributed by atoms with Crippen molar-refractivity contribution in [1.82, 2.24) is 15.3 Å². The number of benzene rings is 1. The Morgan fingerprint density at radius 3 is 2.43 bits per heavy atom. The van der Waals surface area contributed by atoms with Crippen molar-refractivity contribution in [1.29, 1.82) is 0 Å². The van der Waals surface area contributed by atoms with Gasteiger partial charge in [0.05, 0.1) is 17.8 Å². The Balaban J connectivity index is 1.91. The molecule has 2 aromatic heterocycles. The summed E-state index contributed by atoms with van der Waals surface area (Å²) >= 11 is 8.26. The molecule has 28 heavy (non-hydrogen) atoms. The number of rotatable bonds is 3. The average molecular weight is 502 g/mol. The van der Waals surface area contributed by atoms with Crippen molar-refractivity contribution in [2.75, 3.05) is 4.90 Å². The lowest BCUT2D eigenvalue weighted by Gasteiger charge is -2.29. The standard InChI is InChI=1S/C22H23IN4S/c1-12-8-9-16(11-13(12)2)27-21(18-14(3)25-15(4)19(18)23)20(26-22(27)28)17-7-5-6-10-24-17/h5-11,20-21,25H,1-4H3,(H,26,28). The number of aromatic amines is 1. The van der Waals surface area contributed by atoms with Crippen LogP contribution in [-0.2, 0) is 0 Å². The molecule has 2 atom stereocenters. The highest BCUT2D eigenvalue weighted by Gasteiger charge is 2.43. The summed E-state index contributed by atoms with van der Waals surface area (Å²) in [6, 6.07) is 12.6. The van der Waals surface area contributed by atoms with Crippen LogP contribution in [0.2, 0.25) is 0 Å². The van der Waals surface area contributed by atoms with Gasteiger partial charge in [0.15, 0.2) is 5.11 Å². The predicted octanol–water partition coefficient (Wildman–Crippen LogP) is 5.43. The monoisotopic (exact) mass is 502 g/mol. The predicted molar refractivity (Wildman–Crippen MR) is 127 cm³/mol. The topological polar surface area (TPSA) is 44.0 Å². The molecule has 144 valence electrons. The molecule has 0 aliphatic carbocycles. The van der Waals surface area contributed by atoms with E-state index in [9.17, 15) is 0 Å². The van der Waals surface area contributed by atoms with E-state index >= 15 is 0 Å². The summed E-state index contributed by atoms with van der Waals surface area (Å²) < 4.78 is 1.25. The van der Waals surface area contributed by atoms with Crippen molar-refractivity contribution >= 4 is 45.6 Å². The SMILES string of the molecule is Cc1ccc(N2C(=S)NC(c3ccccn3)C2c2c(C)[nH]c(C)c2I)cc1C. The Kier molecular flexibility index (Phi) is 5.18. The maximum Gasteiger partial charge on any atom is 0.174 e. The van der Waals surface area contributed by atoms with E-state index in [1.807, 2.05) is 18.3 Å². The fourth-order valence-electron chi connectivity index (χ4n) is 3.92. The first-order valence-corrected chi connectivity index (χ1v) is 10.8. The molecule has 0 amide bonds. The van der Waals surface area contributed by atoms with Crippen LogP contribution in [0.4, 0.5) is 5.69 Å². The zero-order chi connectivity index (χ0) is 20.0. The van der Waals surface area contributed by atoms with Crippen LogP contribution in [0.3, 0.4) is 0 Å². The number of thiocarbonyl (C=S) groups is 1. The maximum absolute atomic E-state index is 5.82. The van der Waals surface area contributed by atoms with Gasteiger partial charge in [0.2, 0.25) is 0 Å². The van der Waals surface area contributed by atoms with Crippen molar-refractivity contribution in [3.8, 4) is 0 Å². The molecule has 1 saturated heterocycles. The zero-order valence-corrected chi connectivity index (χ0v) is 19.4. The molecule has 2 N–H and O–H groups in total. The molecule has 4 rings (SSSR count). The molecule has 1 aromatic carbocycles. The van der Waals surface area contributed by atoms with Crippen LogP contribution in [0.15, 0.2) is 42.6 Å². The quantitative estimate of drug-likeness (QED) is 0.371. The lowest BCUT2D eigenvalue weighted by atomic mass is 9.96. The molecule has 6 heteroatoms. The van der Waals surface area contributed by atoms with E-state index in [2.05, 4.69) is 94.7 Å². The highest BCUT2D eigenvalue weighted by Crippen LogP contribution is 2.44. The third-order valence-electron chi connectivity index (χ3n) is 5.51. The first-order valence-electron chi connectivity index (χ1n) is 9.31. The van der Waals surface area contributed by atoms with Crippen LogP contribution >= 0.6 is 34.8 Å². The molecular formula is C22H23IN4S. The molecule has 0 bridgehead atoms. The van der Waals surface area contributed by atoms with Gasteiger partial charge in [-0.1, -0.05) is 12.1 Å². The van der Waals surface area contributed by atoms with Crippen molar-refractivity contribution in [3.63, 3.8) is 0 Å². The van der Waals surface area contributed by atoms with Crippen LogP contribution in [0.1, 0.15) is 45.9 Å². The number of anilines is 1. The lowest BCUT2D eigenvalue weighted by Crippen LogP contribution is -2.30. The van der Waals surface area contributed by atoms with Gasteiger partial charge in [-0.3, -0.25) is 4.98 Å². The minimum Gasteiger partial charge on any atom is -0.362 e. The first kappa shape index (κ1) is 19.4. The number of H-pyrrole nitrogens is 1. The van der Waals surface area contributed by atoms with Crippen molar-refractivity contribution in [3.05, 3.63) is 79.9 Å². The van der Waals surface area contributed by atoms with Gasteiger partial charge in [-0.15, -0.1) is 0 Å². The van der Waals surface area contributed by atoms with E-state index in [1.165, 1.54) is 31.6 Å². The highest BCUT2D eigenvalue weighted by atomic mass is 127. The molecule has 0 spiro atoms. The van der Waals surface area contributed by atoms with E-state index in [1.54, 1.807) is 0 Å². The first-order chi connectivity index (χ1) is 13.4. The van der Waals surface area contributed by atoms with E-state index < -0.39 is 0 Å². The second-order valence-electron chi connectivity index (χ2n) is 7.37. The van der Waals surface area contributed by atoms with Gasteiger partial charge in [-0.25, -0.2) is 0 Å². The molecule has 3 aromatic rings. The smallest absolute Gasteiger partial charge is 0.174 e. The Morgan fingerprint density at radius 2 is 1.82 bits per heavy atom. The second-order valence-corrected chi connectivity index (χ2v) is 8.83. The maximum atomic E-state index is 5.82. The number of pyridine rings is 1. The van der Waals surface area contributed by atoms with Gasteiger partial charge in [-0.05, 0) is 97.9 Å². The number of aryl methyl sites for hydroxylation is 4. The molecule has 2 unspecified atom stereocenters. The van der Waals surface area contributed by atoms with Gasteiger partial charge in [0.1, 0.15) is 0 Å². The van der Waals surface area contributed by atoms with Crippen molar-refractivity contribution in [2.45, 2.75) is 39.8 Å². The number of aromatic nitrogens is 2. The minimum atomic E-state index is -0.0160. The molecule has 3 heterocycles. The molecule has 4 nitrogen and oxygen atoms in total. The summed E-state index contributed by atoms with van der Waals surface area (Å²) in [5, 5.41) is 4.28. The lowest BCUT2D eigenvalue weighted by molar-refractivity contribution is 0.564. The molecule has 0 radical (unpaired) electrons. The van der Waals surface area contributed by atoms with Gasteiger partial charge in [-0.2, -0.15) is 0 Å². The average Bonchev–Trinajstić information content (AvgIpc) is 3.13. The van der Waals surface area contributed by atoms with Crippen molar-refractivity contribution < 1.29 is 0 Å². The summed E-state index contributed by atoms with van der Waals surface area (Å²) in [7, 11) is 0. The second kappa shape index (κ2) is 7.48. The van der Waals surface area contributed by atoms with E-state index in [0.717, 1.165) is 16.5 Å². The third-order valence-corrected chi connectivity index (χ3v) is 7.21. The minimum absolute atomic E-state index is 0.0160. The number of hydrogen-bond acceptors (Lipinski definition) is 2. The number of halogens is 1. The molecule has 1 fully saturated rings.